The number of likely N-dealkylation sites (tertiary alicyclic amines) is 1. The van der Waals surface area contributed by atoms with Crippen molar-refractivity contribution in [2.24, 2.45) is 0 Å². The van der Waals surface area contributed by atoms with E-state index in [1.807, 2.05) is 24.0 Å². The van der Waals surface area contributed by atoms with Gasteiger partial charge in [-0.1, -0.05) is 24.9 Å². The highest BCUT2D eigenvalue weighted by Crippen LogP contribution is 2.18. The van der Waals surface area contributed by atoms with Crippen LogP contribution in [0.5, 0.6) is 0 Å². The zero-order valence-electron chi connectivity index (χ0n) is 15.3. The summed E-state index contributed by atoms with van der Waals surface area (Å²) in [7, 11) is 0. The van der Waals surface area contributed by atoms with Gasteiger partial charge in [-0.3, -0.25) is 9.36 Å². The topological polar surface area (TPSA) is 89.9 Å². The SMILES string of the molecule is CCc1noc(-c2ccc(-n3cnc(C(=O)N4CCCCCC4)c3)nc2)n1. The summed E-state index contributed by atoms with van der Waals surface area (Å²) in [5.74, 6) is 1.79. The molecule has 0 unspecified atom stereocenters. The monoisotopic (exact) mass is 366 g/mol. The normalized spacial score (nSPS) is 14.9. The minimum Gasteiger partial charge on any atom is -0.337 e. The van der Waals surface area contributed by atoms with Crippen molar-refractivity contribution in [1.82, 2.24) is 29.6 Å². The summed E-state index contributed by atoms with van der Waals surface area (Å²) in [5, 5.41) is 3.89. The number of hydrogen-bond donors (Lipinski definition) is 0. The van der Waals surface area contributed by atoms with Gasteiger partial charge in [0.15, 0.2) is 5.82 Å². The molecule has 0 aromatic carbocycles. The Morgan fingerprint density at radius 3 is 2.63 bits per heavy atom. The fraction of sp³-hybridized carbons (Fsp3) is 0.421. The van der Waals surface area contributed by atoms with E-state index in [-0.39, 0.29) is 5.91 Å². The quantitative estimate of drug-likeness (QED) is 0.705. The Labute approximate surface area is 157 Å². The van der Waals surface area contributed by atoms with Crippen LogP contribution >= 0.6 is 0 Å². The molecule has 4 heterocycles. The number of carbonyl (C=O) groups excluding carboxylic acids is 1. The average Bonchev–Trinajstić information content (AvgIpc) is 3.31. The van der Waals surface area contributed by atoms with Gasteiger partial charge in [0.1, 0.15) is 17.8 Å². The number of aryl methyl sites for hydroxylation is 1. The van der Waals surface area contributed by atoms with Crippen molar-refractivity contribution in [2.45, 2.75) is 39.0 Å². The molecule has 0 saturated carbocycles. The van der Waals surface area contributed by atoms with Gasteiger partial charge < -0.3 is 9.42 Å². The summed E-state index contributed by atoms with van der Waals surface area (Å²) in [4.78, 5) is 27.6. The van der Waals surface area contributed by atoms with Gasteiger partial charge in [0, 0.05) is 31.9 Å². The van der Waals surface area contributed by atoms with Crippen LogP contribution in [0.2, 0.25) is 0 Å². The van der Waals surface area contributed by atoms with Gasteiger partial charge in [-0.25, -0.2) is 9.97 Å². The van der Waals surface area contributed by atoms with E-state index < -0.39 is 0 Å². The van der Waals surface area contributed by atoms with Crippen LogP contribution in [0.25, 0.3) is 17.3 Å². The van der Waals surface area contributed by atoms with Crippen LogP contribution in [0.3, 0.4) is 0 Å². The predicted octanol–water partition coefficient (Wildman–Crippen LogP) is 2.90. The lowest BCUT2D eigenvalue weighted by atomic mass is 10.2. The molecule has 3 aromatic heterocycles. The van der Waals surface area contributed by atoms with E-state index in [0.29, 0.717) is 23.2 Å². The Morgan fingerprint density at radius 1 is 1.15 bits per heavy atom. The zero-order valence-corrected chi connectivity index (χ0v) is 15.3. The van der Waals surface area contributed by atoms with E-state index in [9.17, 15) is 4.79 Å². The molecule has 3 aromatic rings. The second-order valence-corrected chi connectivity index (χ2v) is 6.65. The maximum absolute atomic E-state index is 12.7. The molecular formula is C19H22N6O2. The first-order chi connectivity index (χ1) is 13.2. The summed E-state index contributed by atoms with van der Waals surface area (Å²) in [6.45, 7) is 3.59. The third-order valence-electron chi connectivity index (χ3n) is 4.74. The number of hydrogen-bond acceptors (Lipinski definition) is 6. The highest BCUT2D eigenvalue weighted by molar-refractivity contribution is 5.92. The molecule has 0 radical (unpaired) electrons. The maximum Gasteiger partial charge on any atom is 0.274 e. The molecule has 140 valence electrons. The van der Waals surface area contributed by atoms with Gasteiger partial charge in [-0.05, 0) is 25.0 Å². The second kappa shape index (κ2) is 7.69. The summed E-state index contributed by atoms with van der Waals surface area (Å²) in [6, 6.07) is 3.71. The lowest BCUT2D eigenvalue weighted by Gasteiger charge is -2.18. The molecule has 0 atom stereocenters. The van der Waals surface area contributed by atoms with E-state index in [2.05, 4.69) is 20.1 Å². The third kappa shape index (κ3) is 3.74. The van der Waals surface area contributed by atoms with Crippen molar-refractivity contribution in [3.63, 3.8) is 0 Å². The Morgan fingerprint density at radius 2 is 1.96 bits per heavy atom. The predicted molar refractivity (Wildman–Crippen MR) is 98.4 cm³/mol. The van der Waals surface area contributed by atoms with Gasteiger partial charge >= 0.3 is 0 Å². The van der Waals surface area contributed by atoms with Crippen LogP contribution in [0, 0.1) is 0 Å². The van der Waals surface area contributed by atoms with Crippen LogP contribution in [0.1, 0.15) is 48.9 Å². The van der Waals surface area contributed by atoms with Crippen molar-refractivity contribution < 1.29 is 9.32 Å². The summed E-state index contributed by atoms with van der Waals surface area (Å²) >= 11 is 0. The zero-order chi connectivity index (χ0) is 18.6. The summed E-state index contributed by atoms with van der Waals surface area (Å²) in [5.41, 5.74) is 1.21. The first-order valence-electron chi connectivity index (χ1n) is 9.37. The lowest BCUT2D eigenvalue weighted by molar-refractivity contribution is 0.0756. The molecule has 8 nitrogen and oxygen atoms in total. The fourth-order valence-electron chi connectivity index (χ4n) is 3.17. The molecule has 0 bridgehead atoms. The number of amides is 1. The number of rotatable bonds is 4. The lowest BCUT2D eigenvalue weighted by Crippen LogP contribution is -2.32. The van der Waals surface area contributed by atoms with Gasteiger partial charge in [0.05, 0.1) is 5.56 Å². The van der Waals surface area contributed by atoms with Crippen molar-refractivity contribution in [3.05, 3.63) is 42.4 Å². The molecule has 0 N–H and O–H groups in total. The molecule has 1 amide bonds. The Balaban J connectivity index is 1.50. The van der Waals surface area contributed by atoms with Crippen LogP contribution in [-0.4, -0.2) is 48.6 Å². The fourth-order valence-corrected chi connectivity index (χ4v) is 3.17. The maximum atomic E-state index is 12.7. The number of nitrogens with zero attached hydrogens (tertiary/aromatic N) is 6. The van der Waals surface area contributed by atoms with E-state index in [1.54, 1.807) is 23.3 Å². The Bertz CT molecular complexity index is 906. The van der Waals surface area contributed by atoms with Crippen molar-refractivity contribution in [2.75, 3.05) is 13.1 Å². The summed E-state index contributed by atoms with van der Waals surface area (Å²) in [6.07, 6.45) is 10.3. The highest BCUT2D eigenvalue weighted by Gasteiger charge is 2.19. The van der Waals surface area contributed by atoms with Crippen LogP contribution in [0.4, 0.5) is 0 Å². The smallest absolute Gasteiger partial charge is 0.274 e. The van der Waals surface area contributed by atoms with Gasteiger partial charge in [-0.2, -0.15) is 4.98 Å². The molecular weight excluding hydrogens is 344 g/mol. The molecule has 1 aliphatic heterocycles. The van der Waals surface area contributed by atoms with Gasteiger partial charge in [0.25, 0.3) is 11.8 Å². The Kier molecular flexibility index (Phi) is 4.95. The average molecular weight is 366 g/mol. The second-order valence-electron chi connectivity index (χ2n) is 6.65. The number of imidazole rings is 1. The standard InChI is InChI=1S/C19H22N6O2/c1-2-16-22-18(27-23-16)14-7-8-17(20-11-14)25-12-15(21-13-25)19(26)24-9-5-3-4-6-10-24/h7-8,11-13H,2-6,9-10H2,1H3. The minimum atomic E-state index is -0.00905. The van der Waals surface area contributed by atoms with E-state index in [4.69, 9.17) is 4.52 Å². The Hall–Kier alpha value is -3.03. The van der Waals surface area contributed by atoms with Crippen LogP contribution in [0.15, 0.2) is 35.4 Å². The first kappa shape index (κ1) is 17.4. The number of aromatic nitrogens is 5. The molecule has 8 heteroatoms. The molecule has 0 aliphatic carbocycles. The van der Waals surface area contributed by atoms with Crippen molar-refractivity contribution in [1.29, 1.82) is 0 Å². The van der Waals surface area contributed by atoms with E-state index in [0.717, 1.165) is 37.9 Å². The molecule has 1 saturated heterocycles. The largest absolute Gasteiger partial charge is 0.337 e. The van der Waals surface area contributed by atoms with E-state index >= 15 is 0 Å². The van der Waals surface area contributed by atoms with Crippen LogP contribution < -0.4 is 0 Å². The highest BCUT2D eigenvalue weighted by atomic mass is 16.5. The minimum absolute atomic E-state index is 0.00905. The molecule has 4 rings (SSSR count). The van der Waals surface area contributed by atoms with Crippen molar-refractivity contribution in [3.8, 4) is 17.3 Å². The summed E-state index contributed by atoms with van der Waals surface area (Å²) < 4.78 is 6.98. The molecule has 0 spiro atoms. The third-order valence-corrected chi connectivity index (χ3v) is 4.74. The van der Waals surface area contributed by atoms with Gasteiger partial charge in [0.2, 0.25) is 0 Å². The van der Waals surface area contributed by atoms with E-state index in [1.165, 1.54) is 12.8 Å². The molecule has 27 heavy (non-hydrogen) atoms. The van der Waals surface area contributed by atoms with Gasteiger partial charge in [-0.15, -0.1) is 0 Å². The first-order valence-corrected chi connectivity index (χ1v) is 9.37. The van der Waals surface area contributed by atoms with Crippen molar-refractivity contribution >= 4 is 5.91 Å². The molecule has 1 aliphatic rings. The number of pyridine rings is 1. The van der Waals surface area contributed by atoms with Crippen LogP contribution in [-0.2, 0) is 6.42 Å². The molecule has 1 fully saturated rings. The number of carbonyl (C=O) groups is 1.